The first-order valence-corrected chi connectivity index (χ1v) is 6.46. The van der Waals surface area contributed by atoms with Gasteiger partial charge >= 0.3 is 17.8 Å². The Labute approximate surface area is 141 Å². The molecule has 140 valence electrons. The second kappa shape index (κ2) is 8.00. The molecule has 0 fully saturated rings. The zero-order chi connectivity index (χ0) is 20.1. The van der Waals surface area contributed by atoms with Crippen molar-refractivity contribution in [2.75, 3.05) is 0 Å². The van der Waals surface area contributed by atoms with Crippen molar-refractivity contribution in [3.63, 3.8) is 0 Å². The third-order valence-corrected chi connectivity index (χ3v) is 3.01. The van der Waals surface area contributed by atoms with Crippen LogP contribution in [-0.2, 0) is 12.7 Å². The average molecular weight is 377 g/mol. The van der Waals surface area contributed by atoms with Crippen LogP contribution in [-0.4, -0.2) is 36.0 Å². The van der Waals surface area contributed by atoms with Crippen LogP contribution in [0.15, 0.2) is 23.7 Å². The number of nitro groups is 1. The average Bonchev–Trinajstić information content (AvgIpc) is 2.86. The predicted octanol–water partition coefficient (Wildman–Crippen LogP) is 2.40. The van der Waals surface area contributed by atoms with Crippen LogP contribution >= 0.6 is 0 Å². The molecule has 2 aromatic heterocycles. The maximum absolute atomic E-state index is 12.8. The highest BCUT2D eigenvalue weighted by molar-refractivity contribution is 5.87. The Bertz CT molecular complexity index is 818. The summed E-state index contributed by atoms with van der Waals surface area (Å²) >= 11 is 0. The quantitative estimate of drug-likeness (QED) is 0.466. The lowest BCUT2D eigenvalue weighted by Crippen LogP contribution is -2.10. The van der Waals surface area contributed by atoms with Crippen molar-refractivity contribution in [1.82, 2.24) is 14.8 Å². The van der Waals surface area contributed by atoms with Gasteiger partial charge < -0.3 is 10.3 Å². The number of halogens is 3. The molecule has 0 aliphatic heterocycles. The highest BCUT2D eigenvalue weighted by Crippen LogP contribution is 2.37. The van der Waals surface area contributed by atoms with E-state index in [1.807, 2.05) is 0 Å². The monoisotopic (exact) mass is 377 g/mol. The van der Waals surface area contributed by atoms with Crippen LogP contribution < -0.4 is 0 Å². The molecule has 0 spiro atoms. The molecule has 11 nitrogen and oxygen atoms in total. The molecule has 2 aromatic rings. The van der Waals surface area contributed by atoms with Crippen molar-refractivity contribution in [3.05, 3.63) is 56.0 Å². The lowest BCUT2D eigenvalue weighted by molar-refractivity contribution is -0.388. The molecule has 2 rings (SSSR count). The maximum atomic E-state index is 12.8. The molecule has 0 atom stereocenters. The molecule has 26 heavy (non-hydrogen) atoms. The first kappa shape index (κ1) is 20.5. The number of rotatable bonds is 4. The molecule has 0 aromatic carbocycles. The maximum Gasteiger partial charge on any atom is 0.442 e. The minimum Gasteiger partial charge on any atom is -0.478 e. The number of nitrogens with zero attached hydrogens (tertiary/aromatic N) is 5. The third kappa shape index (κ3) is 4.71. The second-order valence-electron chi connectivity index (χ2n) is 4.62. The van der Waals surface area contributed by atoms with Gasteiger partial charge in [0.05, 0.1) is 22.7 Å². The summed E-state index contributed by atoms with van der Waals surface area (Å²) in [5.74, 6) is -1.20. The van der Waals surface area contributed by atoms with Gasteiger partial charge in [0.15, 0.2) is 5.34 Å². The summed E-state index contributed by atoms with van der Waals surface area (Å²) in [6.07, 6.45) is -3.92. The number of hydrogen-bond donors (Lipinski definition) is 2. The van der Waals surface area contributed by atoms with Crippen LogP contribution in [0.3, 0.4) is 0 Å². The van der Waals surface area contributed by atoms with E-state index < -0.39 is 28.5 Å². The van der Waals surface area contributed by atoms with E-state index in [4.69, 9.17) is 15.2 Å². The van der Waals surface area contributed by atoms with Gasteiger partial charge in [0, 0.05) is 6.20 Å². The molecule has 0 unspecified atom stereocenters. The Morgan fingerprint density at radius 1 is 1.42 bits per heavy atom. The van der Waals surface area contributed by atoms with E-state index in [-0.39, 0.29) is 23.5 Å². The summed E-state index contributed by atoms with van der Waals surface area (Å²) in [6.45, 7) is 0.884. The van der Waals surface area contributed by atoms with Gasteiger partial charge in [-0.2, -0.15) is 18.3 Å². The first-order chi connectivity index (χ1) is 12.0. The zero-order valence-electron chi connectivity index (χ0n) is 12.8. The largest absolute Gasteiger partial charge is 0.478 e. The number of alkyl halides is 3. The molecule has 2 heterocycles. The Kier molecular flexibility index (Phi) is 6.29. The van der Waals surface area contributed by atoms with Gasteiger partial charge in [0.2, 0.25) is 5.69 Å². The fourth-order valence-electron chi connectivity index (χ4n) is 1.90. The van der Waals surface area contributed by atoms with E-state index in [1.54, 1.807) is 0 Å². The van der Waals surface area contributed by atoms with E-state index in [0.29, 0.717) is 0 Å². The minimum atomic E-state index is -4.96. The first-order valence-electron chi connectivity index (χ1n) is 6.46. The summed E-state index contributed by atoms with van der Waals surface area (Å²) in [4.78, 5) is 32.3. The van der Waals surface area contributed by atoms with Gasteiger partial charge in [-0.3, -0.25) is 19.8 Å². The predicted molar refractivity (Wildman–Crippen MR) is 76.5 cm³/mol. The molecule has 0 saturated carbocycles. The van der Waals surface area contributed by atoms with Crippen molar-refractivity contribution < 1.29 is 33.2 Å². The van der Waals surface area contributed by atoms with Crippen molar-refractivity contribution in [2.24, 2.45) is 5.34 Å². The van der Waals surface area contributed by atoms with Crippen molar-refractivity contribution in [1.29, 1.82) is 0 Å². The molecule has 0 amide bonds. The molecule has 0 radical (unpaired) electrons. The van der Waals surface area contributed by atoms with E-state index >= 15 is 0 Å². The number of carbonyl (C=O) groups is 1. The fourth-order valence-corrected chi connectivity index (χ4v) is 1.90. The Balaban J connectivity index is 0.00000105. The molecule has 0 aliphatic rings. The summed E-state index contributed by atoms with van der Waals surface area (Å²) in [5, 5.41) is 30.7. The van der Waals surface area contributed by atoms with Gasteiger partial charge in [-0.05, 0) is 19.1 Å². The summed E-state index contributed by atoms with van der Waals surface area (Å²) in [7, 11) is 0. The van der Waals surface area contributed by atoms with Gasteiger partial charge in [-0.1, -0.05) is 0 Å². The van der Waals surface area contributed by atoms with E-state index in [1.165, 1.54) is 17.5 Å². The summed E-state index contributed by atoms with van der Waals surface area (Å²) < 4.78 is 39.3. The molecular weight excluding hydrogens is 367 g/mol. The molecule has 2 N–H and O–H groups in total. The number of aromatic carboxylic acids is 1. The number of carboxylic acids is 1. The van der Waals surface area contributed by atoms with Crippen molar-refractivity contribution in [2.45, 2.75) is 19.6 Å². The van der Waals surface area contributed by atoms with Crippen LogP contribution in [0, 0.1) is 21.9 Å². The lowest BCUT2D eigenvalue weighted by atomic mass is 10.2. The smallest absolute Gasteiger partial charge is 0.442 e. The summed E-state index contributed by atoms with van der Waals surface area (Å²) in [6, 6.07) is 2.52. The van der Waals surface area contributed by atoms with Gasteiger partial charge in [-0.15, -0.1) is 4.91 Å². The van der Waals surface area contributed by atoms with Gasteiger partial charge in [0.25, 0.3) is 0 Å². The lowest BCUT2D eigenvalue weighted by Gasteiger charge is -2.03. The van der Waals surface area contributed by atoms with Crippen LogP contribution in [0.25, 0.3) is 0 Å². The van der Waals surface area contributed by atoms with Crippen LogP contribution in [0.2, 0.25) is 0 Å². The van der Waals surface area contributed by atoms with E-state index in [2.05, 4.69) is 10.1 Å². The van der Waals surface area contributed by atoms with Crippen molar-refractivity contribution >= 4 is 11.7 Å². The van der Waals surface area contributed by atoms with Crippen LogP contribution in [0.4, 0.5) is 18.9 Å². The Morgan fingerprint density at radius 2 is 2.00 bits per heavy atom. The normalized spacial score (nSPS) is 10.6. The molecular formula is C12H10F3N5O6. The minimum absolute atomic E-state index is 0.0899. The van der Waals surface area contributed by atoms with E-state index in [9.17, 15) is 28.1 Å². The number of hydrogen-bond acceptors (Lipinski definition) is 7. The van der Waals surface area contributed by atoms with Crippen LogP contribution in [0.1, 0.15) is 27.4 Å². The summed E-state index contributed by atoms with van der Waals surface area (Å²) in [5.41, 5.74) is -2.84. The molecule has 0 bridgehead atoms. The SMILES string of the molecule is Cc1c([N+](=O)[O-])c(C(F)(F)F)nn1Cc1ccc(C(=O)O)cn1.O=NO. The number of aromatic nitrogens is 3. The fraction of sp³-hybridized carbons (Fsp3) is 0.250. The third-order valence-electron chi connectivity index (χ3n) is 3.01. The molecule has 0 saturated heterocycles. The van der Waals surface area contributed by atoms with Crippen LogP contribution in [0.5, 0.6) is 0 Å². The Hall–Kier alpha value is -3.58. The standard InChI is InChI=1S/C12H9F3N4O4.HNO2/c1-6-9(19(22)23)10(12(13,14)15)17-18(6)5-8-3-2-7(4-16-8)11(20)21;2-1-3/h2-4H,5H2,1H3,(H,20,21);(H,2,3). The van der Waals surface area contributed by atoms with Crippen molar-refractivity contribution in [3.8, 4) is 0 Å². The topological polar surface area (TPSA) is 161 Å². The highest BCUT2D eigenvalue weighted by atomic mass is 19.4. The van der Waals surface area contributed by atoms with E-state index in [0.717, 1.165) is 17.8 Å². The van der Waals surface area contributed by atoms with Gasteiger partial charge in [-0.25, -0.2) is 4.79 Å². The molecule has 14 heteroatoms. The highest BCUT2D eigenvalue weighted by Gasteiger charge is 2.44. The number of carboxylic acid groups (broad SMARTS) is 1. The second-order valence-corrected chi connectivity index (χ2v) is 4.62. The zero-order valence-corrected chi connectivity index (χ0v) is 12.8. The number of pyridine rings is 1. The van der Waals surface area contributed by atoms with Gasteiger partial charge in [0.1, 0.15) is 5.69 Å². The Morgan fingerprint density at radius 3 is 2.35 bits per heavy atom. The molecule has 0 aliphatic carbocycles.